The molecule has 1 heterocycles. The zero-order chi connectivity index (χ0) is 12.3. The highest BCUT2D eigenvalue weighted by Crippen LogP contribution is 2.19. The fourth-order valence-corrected chi connectivity index (χ4v) is 2.37. The summed E-state index contributed by atoms with van der Waals surface area (Å²) < 4.78 is 0. The van der Waals surface area contributed by atoms with Gasteiger partial charge in [0.1, 0.15) is 5.01 Å². The van der Waals surface area contributed by atoms with E-state index in [1.807, 2.05) is 24.4 Å². The SMILES string of the molecule is Cc1cnc(CNCc2ccc(Cl)c(N)c2)s1. The fraction of sp³-hybridized carbons (Fsp3) is 0.250. The molecule has 17 heavy (non-hydrogen) atoms. The second kappa shape index (κ2) is 5.49. The number of nitrogens with zero attached hydrogens (tertiary/aromatic N) is 1. The number of anilines is 1. The number of rotatable bonds is 4. The first-order chi connectivity index (χ1) is 8.15. The number of aryl methyl sites for hydroxylation is 1. The molecule has 0 fully saturated rings. The van der Waals surface area contributed by atoms with Crippen LogP contribution in [0.1, 0.15) is 15.4 Å². The van der Waals surface area contributed by atoms with Crippen LogP contribution in [0.5, 0.6) is 0 Å². The molecule has 3 nitrogen and oxygen atoms in total. The summed E-state index contributed by atoms with van der Waals surface area (Å²) in [6, 6.07) is 5.68. The molecule has 0 saturated heterocycles. The maximum Gasteiger partial charge on any atom is 0.107 e. The Morgan fingerprint density at radius 2 is 2.24 bits per heavy atom. The standard InChI is InChI=1S/C12H14ClN3S/c1-8-5-16-12(17-8)7-15-6-9-2-3-10(13)11(14)4-9/h2-5,15H,6-7,14H2,1H3. The average molecular weight is 268 g/mol. The minimum atomic E-state index is 0.601. The molecule has 0 unspecified atom stereocenters. The Kier molecular flexibility index (Phi) is 3.99. The Bertz CT molecular complexity index is 510. The molecule has 0 atom stereocenters. The van der Waals surface area contributed by atoms with E-state index in [-0.39, 0.29) is 0 Å². The highest BCUT2D eigenvalue weighted by molar-refractivity contribution is 7.11. The van der Waals surface area contributed by atoms with Crippen molar-refractivity contribution >= 4 is 28.6 Å². The van der Waals surface area contributed by atoms with Crippen LogP contribution in [0, 0.1) is 6.92 Å². The summed E-state index contributed by atoms with van der Waals surface area (Å²) in [4.78, 5) is 5.52. The average Bonchev–Trinajstić information content (AvgIpc) is 2.70. The van der Waals surface area contributed by atoms with Gasteiger partial charge in [0.15, 0.2) is 0 Å². The Balaban J connectivity index is 1.87. The van der Waals surface area contributed by atoms with Gasteiger partial charge < -0.3 is 11.1 Å². The van der Waals surface area contributed by atoms with E-state index in [9.17, 15) is 0 Å². The molecule has 0 radical (unpaired) electrons. The lowest BCUT2D eigenvalue weighted by Crippen LogP contribution is -2.12. The normalized spacial score (nSPS) is 10.7. The molecule has 0 amide bonds. The molecule has 90 valence electrons. The fourth-order valence-electron chi connectivity index (χ4n) is 1.50. The van der Waals surface area contributed by atoms with E-state index in [0.717, 1.165) is 23.7 Å². The molecular formula is C12H14ClN3S. The van der Waals surface area contributed by atoms with Crippen molar-refractivity contribution in [2.75, 3.05) is 5.73 Å². The summed E-state index contributed by atoms with van der Waals surface area (Å²) in [7, 11) is 0. The van der Waals surface area contributed by atoms with Gasteiger partial charge in [0, 0.05) is 24.2 Å². The van der Waals surface area contributed by atoms with E-state index in [0.29, 0.717) is 10.7 Å². The molecule has 2 aromatic rings. The van der Waals surface area contributed by atoms with Crippen molar-refractivity contribution in [2.24, 2.45) is 0 Å². The topological polar surface area (TPSA) is 50.9 Å². The van der Waals surface area contributed by atoms with Crippen LogP contribution in [-0.2, 0) is 13.1 Å². The van der Waals surface area contributed by atoms with Crippen LogP contribution in [0.15, 0.2) is 24.4 Å². The monoisotopic (exact) mass is 267 g/mol. The van der Waals surface area contributed by atoms with Crippen molar-refractivity contribution in [2.45, 2.75) is 20.0 Å². The van der Waals surface area contributed by atoms with Gasteiger partial charge in [0.25, 0.3) is 0 Å². The zero-order valence-corrected chi connectivity index (χ0v) is 11.1. The van der Waals surface area contributed by atoms with E-state index >= 15 is 0 Å². The third-order valence-electron chi connectivity index (χ3n) is 2.33. The molecule has 1 aromatic carbocycles. The summed E-state index contributed by atoms with van der Waals surface area (Å²) in [5.41, 5.74) is 7.48. The number of thiazole rings is 1. The van der Waals surface area contributed by atoms with Crippen molar-refractivity contribution in [3.8, 4) is 0 Å². The van der Waals surface area contributed by atoms with Gasteiger partial charge in [0.2, 0.25) is 0 Å². The molecule has 3 N–H and O–H groups in total. The van der Waals surface area contributed by atoms with E-state index in [4.69, 9.17) is 17.3 Å². The molecule has 0 spiro atoms. The number of nitrogens with one attached hydrogen (secondary N) is 1. The largest absolute Gasteiger partial charge is 0.398 e. The molecular weight excluding hydrogens is 254 g/mol. The predicted molar refractivity (Wildman–Crippen MR) is 73.3 cm³/mol. The summed E-state index contributed by atoms with van der Waals surface area (Å²) in [5.74, 6) is 0. The molecule has 0 saturated carbocycles. The third kappa shape index (κ3) is 3.43. The number of nitrogen functional groups attached to an aromatic ring is 1. The summed E-state index contributed by atoms with van der Waals surface area (Å²) >= 11 is 7.57. The van der Waals surface area contributed by atoms with Gasteiger partial charge in [-0.15, -0.1) is 11.3 Å². The van der Waals surface area contributed by atoms with Gasteiger partial charge in [-0.1, -0.05) is 17.7 Å². The minimum Gasteiger partial charge on any atom is -0.398 e. The first-order valence-electron chi connectivity index (χ1n) is 5.31. The number of hydrogen-bond acceptors (Lipinski definition) is 4. The Labute approximate surface area is 110 Å². The van der Waals surface area contributed by atoms with Crippen LogP contribution >= 0.6 is 22.9 Å². The highest BCUT2D eigenvalue weighted by atomic mass is 35.5. The van der Waals surface area contributed by atoms with Crippen LogP contribution in [0.2, 0.25) is 5.02 Å². The number of nitrogens with two attached hydrogens (primary N) is 1. The van der Waals surface area contributed by atoms with Crippen molar-refractivity contribution < 1.29 is 0 Å². The maximum atomic E-state index is 5.86. The molecule has 0 bridgehead atoms. The van der Waals surface area contributed by atoms with Gasteiger partial charge in [0.05, 0.1) is 10.7 Å². The smallest absolute Gasteiger partial charge is 0.107 e. The predicted octanol–water partition coefficient (Wildman–Crippen LogP) is 2.98. The molecule has 5 heteroatoms. The van der Waals surface area contributed by atoms with Gasteiger partial charge in [-0.2, -0.15) is 0 Å². The van der Waals surface area contributed by atoms with Gasteiger partial charge in [-0.3, -0.25) is 0 Å². The van der Waals surface area contributed by atoms with Gasteiger partial charge >= 0.3 is 0 Å². The van der Waals surface area contributed by atoms with Crippen LogP contribution in [0.3, 0.4) is 0 Å². The minimum absolute atomic E-state index is 0.601. The van der Waals surface area contributed by atoms with Crippen molar-refractivity contribution in [1.82, 2.24) is 10.3 Å². The Morgan fingerprint density at radius 1 is 1.41 bits per heavy atom. The number of aromatic nitrogens is 1. The van der Waals surface area contributed by atoms with Crippen molar-refractivity contribution in [1.29, 1.82) is 0 Å². The maximum absolute atomic E-state index is 5.86. The molecule has 0 aliphatic carbocycles. The second-order valence-corrected chi connectivity index (χ2v) is 5.55. The Morgan fingerprint density at radius 3 is 2.88 bits per heavy atom. The van der Waals surface area contributed by atoms with E-state index < -0.39 is 0 Å². The third-order valence-corrected chi connectivity index (χ3v) is 3.59. The lowest BCUT2D eigenvalue weighted by Gasteiger charge is -2.05. The first-order valence-corrected chi connectivity index (χ1v) is 6.50. The summed E-state index contributed by atoms with van der Waals surface area (Å²) in [6.45, 7) is 3.60. The van der Waals surface area contributed by atoms with Crippen LogP contribution in [-0.4, -0.2) is 4.98 Å². The quantitative estimate of drug-likeness (QED) is 0.838. The van der Waals surface area contributed by atoms with E-state index in [2.05, 4.69) is 17.2 Å². The van der Waals surface area contributed by atoms with Gasteiger partial charge in [-0.25, -0.2) is 4.98 Å². The van der Waals surface area contributed by atoms with Crippen LogP contribution in [0.4, 0.5) is 5.69 Å². The zero-order valence-electron chi connectivity index (χ0n) is 9.53. The highest BCUT2D eigenvalue weighted by Gasteiger charge is 2.00. The van der Waals surface area contributed by atoms with E-state index in [1.54, 1.807) is 11.3 Å². The lowest BCUT2D eigenvalue weighted by molar-refractivity contribution is 0.690. The van der Waals surface area contributed by atoms with Gasteiger partial charge in [-0.05, 0) is 24.6 Å². The number of hydrogen-bond donors (Lipinski definition) is 2. The summed E-state index contributed by atoms with van der Waals surface area (Å²) in [6.07, 6.45) is 1.89. The number of halogens is 1. The lowest BCUT2D eigenvalue weighted by atomic mass is 10.2. The molecule has 1 aromatic heterocycles. The van der Waals surface area contributed by atoms with Crippen molar-refractivity contribution in [3.05, 3.63) is 44.9 Å². The molecule has 2 rings (SSSR count). The summed E-state index contributed by atoms with van der Waals surface area (Å²) in [5, 5.41) is 5.03. The second-order valence-electron chi connectivity index (χ2n) is 3.82. The van der Waals surface area contributed by atoms with Crippen LogP contribution in [0.25, 0.3) is 0 Å². The number of benzene rings is 1. The van der Waals surface area contributed by atoms with Crippen LogP contribution < -0.4 is 11.1 Å². The van der Waals surface area contributed by atoms with Crippen molar-refractivity contribution in [3.63, 3.8) is 0 Å². The Hall–Kier alpha value is -1.10. The van der Waals surface area contributed by atoms with E-state index in [1.165, 1.54) is 4.88 Å². The molecule has 0 aliphatic rings. The first kappa shape index (κ1) is 12.4. The molecule has 0 aliphatic heterocycles.